The third-order valence-corrected chi connectivity index (χ3v) is 5.99. The molecule has 0 aliphatic carbocycles. The van der Waals surface area contributed by atoms with Gasteiger partial charge in [-0.1, -0.05) is 43.4 Å². The molecule has 3 N–H and O–H groups in total. The van der Waals surface area contributed by atoms with Crippen molar-refractivity contribution in [2.24, 2.45) is 10.7 Å². The molecule has 0 bridgehead atoms. The van der Waals surface area contributed by atoms with Crippen molar-refractivity contribution in [3.63, 3.8) is 0 Å². The number of ether oxygens (including phenoxy) is 1. The normalized spacial score (nSPS) is 12.4. The van der Waals surface area contributed by atoms with E-state index in [2.05, 4.69) is 28.2 Å². The van der Waals surface area contributed by atoms with Crippen LogP contribution in [-0.4, -0.2) is 37.5 Å². The Morgan fingerprint density at radius 1 is 1.03 bits per heavy atom. The molecule has 0 unspecified atom stereocenters. The molecular formula is C30H30N4O3. The van der Waals surface area contributed by atoms with Gasteiger partial charge in [0.2, 0.25) is 0 Å². The Morgan fingerprint density at radius 3 is 2.51 bits per heavy atom. The summed E-state index contributed by atoms with van der Waals surface area (Å²) in [6.45, 7) is 3.50. The van der Waals surface area contributed by atoms with E-state index in [0.717, 1.165) is 36.2 Å². The minimum Gasteiger partial charge on any atom is -0.448 e. The molecule has 0 spiro atoms. The number of nitrogens with one attached hydrogen (secondary N) is 1. The Kier molecular flexibility index (Phi) is 8.56. The van der Waals surface area contributed by atoms with Gasteiger partial charge in [0.15, 0.2) is 0 Å². The second kappa shape index (κ2) is 12.4. The third-order valence-electron chi connectivity index (χ3n) is 5.99. The van der Waals surface area contributed by atoms with Crippen LogP contribution in [0, 0.1) is 11.8 Å². The Balaban J connectivity index is 1.27. The molecule has 1 heterocycles. The maximum absolute atomic E-state index is 13.0. The predicted octanol–water partition coefficient (Wildman–Crippen LogP) is 5.00. The maximum atomic E-state index is 13.0. The second-order valence-corrected chi connectivity index (χ2v) is 8.61. The highest BCUT2D eigenvalue weighted by molar-refractivity contribution is 6.07. The molecule has 3 aromatic rings. The zero-order chi connectivity index (χ0) is 26.0. The Labute approximate surface area is 217 Å². The van der Waals surface area contributed by atoms with Gasteiger partial charge in [-0.3, -0.25) is 4.79 Å². The summed E-state index contributed by atoms with van der Waals surface area (Å²) in [6, 6.07) is 22.7. The molecule has 0 radical (unpaired) electrons. The van der Waals surface area contributed by atoms with Crippen molar-refractivity contribution in [3.8, 4) is 11.8 Å². The minimum atomic E-state index is -0.679. The van der Waals surface area contributed by atoms with E-state index in [1.165, 1.54) is 5.56 Å². The highest BCUT2D eigenvalue weighted by Crippen LogP contribution is 2.28. The standard InChI is InChI=1S/C30H30N4O3/c1-2-3-21-37-30(36)33-28(31)24-14-16-26(17-15-24)32-19-6-7-22-10-12-25(13-11-22)29(35)34-20-18-23-8-4-5-9-27(23)34/h4-5,8-17,32H,2-3,18-21H2,1H3,(H2,31,33,36). The van der Waals surface area contributed by atoms with E-state index in [0.29, 0.717) is 30.8 Å². The molecule has 1 aliphatic heterocycles. The zero-order valence-electron chi connectivity index (χ0n) is 20.9. The lowest BCUT2D eigenvalue weighted by atomic mass is 10.1. The van der Waals surface area contributed by atoms with Crippen molar-refractivity contribution in [2.75, 3.05) is 29.9 Å². The number of aliphatic imine (C=N–C) groups is 1. The summed E-state index contributed by atoms with van der Waals surface area (Å²) in [7, 11) is 0. The fourth-order valence-electron chi connectivity index (χ4n) is 3.95. The van der Waals surface area contributed by atoms with Gasteiger partial charge in [0.25, 0.3) is 5.91 Å². The monoisotopic (exact) mass is 494 g/mol. The maximum Gasteiger partial charge on any atom is 0.435 e. The van der Waals surface area contributed by atoms with Gasteiger partial charge in [-0.2, -0.15) is 4.99 Å². The predicted molar refractivity (Wildman–Crippen MR) is 147 cm³/mol. The average molecular weight is 495 g/mol. The Bertz CT molecular complexity index is 1340. The fourth-order valence-corrected chi connectivity index (χ4v) is 3.95. The molecule has 0 aromatic heterocycles. The number of fused-ring (bicyclic) bond motifs is 1. The summed E-state index contributed by atoms with van der Waals surface area (Å²) in [5.74, 6) is 6.32. The molecule has 0 saturated carbocycles. The van der Waals surface area contributed by atoms with Crippen molar-refractivity contribution in [3.05, 3.63) is 95.1 Å². The molecular weight excluding hydrogens is 464 g/mol. The van der Waals surface area contributed by atoms with Gasteiger partial charge in [0.05, 0.1) is 13.2 Å². The first kappa shape index (κ1) is 25.5. The van der Waals surface area contributed by atoms with Gasteiger partial charge in [0.1, 0.15) is 5.84 Å². The lowest BCUT2D eigenvalue weighted by molar-refractivity contribution is 0.0989. The topological polar surface area (TPSA) is 97.0 Å². The molecule has 188 valence electrons. The van der Waals surface area contributed by atoms with Crippen molar-refractivity contribution in [1.29, 1.82) is 0 Å². The van der Waals surface area contributed by atoms with Crippen molar-refractivity contribution >= 4 is 29.2 Å². The number of nitrogens with zero attached hydrogens (tertiary/aromatic N) is 2. The van der Waals surface area contributed by atoms with Crippen LogP contribution in [0.15, 0.2) is 77.8 Å². The van der Waals surface area contributed by atoms with E-state index in [9.17, 15) is 9.59 Å². The van der Waals surface area contributed by atoms with Crippen LogP contribution in [0.25, 0.3) is 0 Å². The summed E-state index contributed by atoms with van der Waals surface area (Å²) in [6.07, 6.45) is 1.94. The van der Waals surface area contributed by atoms with Gasteiger partial charge in [-0.25, -0.2) is 4.79 Å². The summed E-state index contributed by atoms with van der Waals surface area (Å²) in [5, 5.41) is 3.23. The van der Waals surface area contributed by atoms with E-state index in [4.69, 9.17) is 10.5 Å². The number of carbonyl (C=O) groups excluding carboxylic acids is 2. The molecule has 0 saturated heterocycles. The van der Waals surface area contributed by atoms with E-state index >= 15 is 0 Å². The number of hydrogen-bond donors (Lipinski definition) is 2. The largest absolute Gasteiger partial charge is 0.448 e. The van der Waals surface area contributed by atoms with Gasteiger partial charge < -0.3 is 20.7 Å². The lowest BCUT2D eigenvalue weighted by Crippen LogP contribution is -2.28. The zero-order valence-corrected chi connectivity index (χ0v) is 20.9. The van der Waals surface area contributed by atoms with Crippen molar-refractivity contribution in [2.45, 2.75) is 26.2 Å². The molecule has 7 nitrogen and oxygen atoms in total. The first-order valence-corrected chi connectivity index (χ1v) is 12.4. The van der Waals surface area contributed by atoms with Crippen LogP contribution in [0.4, 0.5) is 16.2 Å². The lowest BCUT2D eigenvalue weighted by Gasteiger charge is -2.17. The summed E-state index contributed by atoms with van der Waals surface area (Å²) >= 11 is 0. The smallest absolute Gasteiger partial charge is 0.435 e. The number of benzene rings is 3. The van der Waals surface area contributed by atoms with E-state index < -0.39 is 6.09 Å². The first-order valence-electron chi connectivity index (χ1n) is 12.4. The molecule has 7 heteroatoms. The van der Waals surface area contributed by atoms with Crippen molar-refractivity contribution in [1.82, 2.24) is 0 Å². The van der Waals surface area contributed by atoms with Crippen LogP contribution >= 0.6 is 0 Å². The fraction of sp³-hybridized carbons (Fsp3) is 0.233. The molecule has 0 fully saturated rings. The van der Waals surface area contributed by atoms with Gasteiger partial charge in [0, 0.05) is 34.6 Å². The minimum absolute atomic E-state index is 0.00800. The number of amidine groups is 1. The van der Waals surface area contributed by atoms with Gasteiger partial charge in [-0.05, 0) is 73.0 Å². The number of carbonyl (C=O) groups is 2. The SMILES string of the molecule is CCCCOC(=O)N=C(N)c1ccc(NCC#Cc2ccc(C(=O)N3CCc4ccccc43)cc2)cc1. The molecule has 2 amide bonds. The molecule has 0 atom stereocenters. The number of rotatable bonds is 7. The van der Waals surface area contributed by atoms with E-state index in [-0.39, 0.29) is 11.7 Å². The van der Waals surface area contributed by atoms with Crippen molar-refractivity contribution < 1.29 is 14.3 Å². The quantitative estimate of drug-likeness (QED) is 0.209. The Morgan fingerprint density at radius 2 is 1.76 bits per heavy atom. The first-order chi connectivity index (χ1) is 18.0. The second-order valence-electron chi connectivity index (χ2n) is 8.61. The highest BCUT2D eigenvalue weighted by atomic mass is 16.5. The van der Waals surface area contributed by atoms with Crippen LogP contribution < -0.4 is 16.0 Å². The van der Waals surface area contributed by atoms with E-state index in [1.54, 1.807) is 12.1 Å². The number of para-hydroxylation sites is 1. The molecule has 3 aromatic carbocycles. The number of nitrogens with two attached hydrogens (primary N) is 1. The molecule has 1 aliphatic rings. The summed E-state index contributed by atoms with van der Waals surface area (Å²) in [4.78, 5) is 30.2. The van der Waals surface area contributed by atoms with Crippen LogP contribution in [0.1, 0.15) is 46.8 Å². The average Bonchev–Trinajstić information content (AvgIpc) is 3.36. The molecule has 4 rings (SSSR count). The van der Waals surface area contributed by atoms with Gasteiger partial charge >= 0.3 is 6.09 Å². The van der Waals surface area contributed by atoms with Crippen LogP contribution in [0.3, 0.4) is 0 Å². The van der Waals surface area contributed by atoms with Crippen LogP contribution in [0.2, 0.25) is 0 Å². The molecule has 37 heavy (non-hydrogen) atoms. The number of unbranched alkanes of at least 4 members (excludes halogenated alkanes) is 1. The van der Waals surface area contributed by atoms with Crippen LogP contribution in [-0.2, 0) is 11.2 Å². The Hall–Kier alpha value is -4.57. The highest BCUT2D eigenvalue weighted by Gasteiger charge is 2.24. The van der Waals surface area contributed by atoms with Crippen LogP contribution in [0.5, 0.6) is 0 Å². The van der Waals surface area contributed by atoms with E-state index in [1.807, 2.05) is 66.4 Å². The summed E-state index contributed by atoms with van der Waals surface area (Å²) in [5.41, 5.74) is 11.1. The third kappa shape index (κ3) is 6.77. The number of amides is 2. The number of anilines is 2. The number of hydrogen-bond acceptors (Lipinski definition) is 4. The summed E-state index contributed by atoms with van der Waals surface area (Å²) < 4.78 is 5.00. The van der Waals surface area contributed by atoms with Gasteiger partial charge in [-0.15, -0.1) is 0 Å².